The van der Waals surface area contributed by atoms with E-state index in [1.54, 1.807) is 4.90 Å². The van der Waals surface area contributed by atoms with Crippen LogP contribution in [0.1, 0.15) is 111 Å². The Balaban J connectivity index is 3.72. The Morgan fingerprint density at radius 3 is 1.79 bits per heavy atom. The molecule has 0 rings (SSSR count). The molecule has 164 valence electrons. The summed E-state index contributed by atoms with van der Waals surface area (Å²) in [4.78, 5) is 25.3. The molecule has 4 heteroatoms. The summed E-state index contributed by atoms with van der Waals surface area (Å²) in [6.45, 7) is 7.40. The number of amides is 1. The number of nitrogens with zero attached hydrogens (tertiary/aromatic N) is 1. The van der Waals surface area contributed by atoms with E-state index in [0.29, 0.717) is 19.5 Å². The molecule has 0 radical (unpaired) electrons. The van der Waals surface area contributed by atoms with Gasteiger partial charge in [-0.1, -0.05) is 70.4 Å². The number of hydrogen-bond donors (Lipinski definition) is 1. The molecule has 1 atom stereocenters. The van der Waals surface area contributed by atoms with Gasteiger partial charge in [-0.2, -0.15) is 0 Å². The van der Waals surface area contributed by atoms with E-state index in [9.17, 15) is 14.7 Å². The van der Waals surface area contributed by atoms with Crippen molar-refractivity contribution in [3.05, 3.63) is 12.2 Å². The highest BCUT2D eigenvalue weighted by Crippen LogP contribution is 2.17. The van der Waals surface area contributed by atoms with Gasteiger partial charge in [-0.25, -0.2) is 0 Å². The maximum absolute atomic E-state index is 12.1. The van der Waals surface area contributed by atoms with Crippen LogP contribution in [0.25, 0.3) is 0 Å². The van der Waals surface area contributed by atoms with Gasteiger partial charge in [0.05, 0.1) is 5.92 Å². The number of aliphatic carboxylic acids is 1. The Hall–Kier alpha value is -1.32. The first-order valence-electron chi connectivity index (χ1n) is 11.7. The highest BCUT2D eigenvalue weighted by molar-refractivity contribution is 5.82. The summed E-state index contributed by atoms with van der Waals surface area (Å²) in [5, 5.41) is 9.37. The van der Waals surface area contributed by atoms with Gasteiger partial charge in [0.15, 0.2) is 0 Å². The zero-order valence-corrected chi connectivity index (χ0v) is 18.8. The highest BCUT2D eigenvalue weighted by Gasteiger charge is 2.22. The second kappa shape index (κ2) is 19.0. The van der Waals surface area contributed by atoms with Gasteiger partial charge in [0.25, 0.3) is 0 Å². The van der Waals surface area contributed by atoms with Gasteiger partial charge in [0, 0.05) is 19.5 Å². The minimum atomic E-state index is -0.838. The summed E-state index contributed by atoms with van der Waals surface area (Å²) >= 11 is 0. The van der Waals surface area contributed by atoms with Crippen LogP contribution in [0, 0.1) is 5.92 Å². The maximum atomic E-state index is 12.1. The lowest BCUT2D eigenvalue weighted by Crippen LogP contribution is -2.33. The van der Waals surface area contributed by atoms with Gasteiger partial charge >= 0.3 is 5.97 Å². The van der Waals surface area contributed by atoms with Crippen molar-refractivity contribution in [3.8, 4) is 0 Å². The van der Waals surface area contributed by atoms with E-state index >= 15 is 0 Å². The van der Waals surface area contributed by atoms with Crippen molar-refractivity contribution in [2.75, 3.05) is 13.1 Å². The van der Waals surface area contributed by atoms with E-state index in [2.05, 4.69) is 19.1 Å². The normalized spacial score (nSPS) is 12.4. The number of unbranched alkanes of at least 4 members (excludes halogenated alkanes) is 10. The first kappa shape index (κ1) is 26.7. The molecule has 4 nitrogen and oxygen atoms in total. The molecule has 1 amide bonds. The van der Waals surface area contributed by atoms with Crippen molar-refractivity contribution in [3.63, 3.8) is 0 Å². The molecular formula is C24H45NO3. The molecule has 0 aliphatic rings. The Kier molecular flexibility index (Phi) is 18.1. The lowest BCUT2D eigenvalue weighted by molar-refractivity contribution is -0.146. The van der Waals surface area contributed by atoms with Crippen LogP contribution in [0.3, 0.4) is 0 Å². The standard InChI is InChI=1S/C24H45NO3/c1-4-7-8-9-10-11-12-13-14-15-16-17-18-19-20-22(24(27)28)21-23(26)25(5-2)6-3/h14-15,22H,4-13,16-21H2,1-3H3,(H,27,28)/b15-14+. The monoisotopic (exact) mass is 395 g/mol. The topological polar surface area (TPSA) is 57.6 Å². The molecule has 0 fully saturated rings. The van der Waals surface area contributed by atoms with E-state index in [1.165, 1.54) is 51.4 Å². The maximum Gasteiger partial charge on any atom is 0.307 e. The van der Waals surface area contributed by atoms with Gasteiger partial charge in [-0.15, -0.1) is 0 Å². The predicted octanol–water partition coefficient (Wildman–Crippen LogP) is 6.59. The third-order valence-corrected chi connectivity index (χ3v) is 5.45. The van der Waals surface area contributed by atoms with Crippen LogP contribution in [0.5, 0.6) is 0 Å². The number of carbonyl (C=O) groups is 2. The third-order valence-electron chi connectivity index (χ3n) is 5.45. The SMILES string of the molecule is CCCCCCCCC/C=C/CCCCCC(CC(=O)N(CC)CC)C(=O)O. The van der Waals surface area contributed by atoms with E-state index in [0.717, 1.165) is 25.7 Å². The molecule has 0 aliphatic heterocycles. The van der Waals surface area contributed by atoms with Crippen molar-refractivity contribution in [2.45, 2.75) is 111 Å². The zero-order chi connectivity index (χ0) is 21.0. The average Bonchev–Trinajstić information content (AvgIpc) is 2.68. The number of allylic oxidation sites excluding steroid dienone is 2. The summed E-state index contributed by atoms with van der Waals surface area (Å²) in [5.41, 5.74) is 0. The van der Waals surface area contributed by atoms with Crippen LogP contribution >= 0.6 is 0 Å². The zero-order valence-electron chi connectivity index (χ0n) is 18.8. The van der Waals surface area contributed by atoms with Gasteiger partial charge in [0.1, 0.15) is 0 Å². The summed E-state index contributed by atoms with van der Waals surface area (Å²) in [6.07, 6.45) is 20.1. The minimum Gasteiger partial charge on any atom is -0.481 e. The fourth-order valence-corrected chi connectivity index (χ4v) is 3.51. The number of carbonyl (C=O) groups excluding carboxylic acids is 1. The van der Waals surface area contributed by atoms with Crippen molar-refractivity contribution in [1.82, 2.24) is 4.90 Å². The molecule has 0 saturated carbocycles. The van der Waals surface area contributed by atoms with Crippen molar-refractivity contribution < 1.29 is 14.7 Å². The lowest BCUT2D eigenvalue weighted by Gasteiger charge is -2.21. The molecule has 0 heterocycles. The van der Waals surface area contributed by atoms with E-state index < -0.39 is 11.9 Å². The Labute approximate surface area is 173 Å². The average molecular weight is 396 g/mol. The largest absolute Gasteiger partial charge is 0.481 e. The van der Waals surface area contributed by atoms with E-state index in [-0.39, 0.29) is 12.3 Å². The molecule has 28 heavy (non-hydrogen) atoms. The third kappa shape index (κ3) is 14.7. The fourth-order valence-electron chi connectivity index (χ4n) is 3.51. The molecule has 0 aromatic heterocycles. The second-order valence-electron chi connectivity index (χ2n) is 7.82. The first-order valence-corrected chi connectivity index (χ1v) is 11.7. The Morgan fingerprint density at radius 1 is 0.786 bits per heavy atom. The van der Waals surface area contributed by atoms with Crippen LogP contribution in [-0.2, 0) is 9.59 Å². The van der Waals surface area contributed by atoms with Crippen molar-refractivity contribution in [2.24, 2.45) is 5.92 Å². The van der Waals surface area contributed by atoms with Gasteiger partial charge in [0.2, 0.25) is 5.91 Å². The minimum absolute atomic E-state index is 0.0364. The van der Waals surface area contributed by atoms with Crippen molar-refractivity contribution in [1.29, 1.82) is 0 Å². The van der Waals surface area contributed by atoms with Crippen molar-refractivity contribution >= 4 is 11.9 Å². The van der Waals surface area contributed by atoms with Gasteiger partial charge in [-0.3, -0.25) is 9.59 Å². The fraction of sp³-hybridized carbons (Fsp3) is 0.833. The summed E-state index contributed by atoms with van der Waals surface area (Å²) in [5.74, 6) is -1.42. The molecule has 0 saturated heterocycles. The first-order chi connectivity index (χ1) is 13.6. The molecule has 0 aromatic carbocycles. The summed E-state index contributed by atoms with van der Waals surface area (Å²) < 4.78 is 0. The summed E-state index contributed by atoms with van der Waals surface area (Å²) in [6, 6.07) is 0. The molecule has 1 unspecified atom stereocenters. The number of hydrogen-bond acceptors (Lipinski definition) is 2. The molecular weight excluding hydrogens is 350 g/mol. The Morgan fingerprint density at radius 2 is 1.29 bits per heavy atom. The van der Waals surface area contributed by atoms with Crippen LogP contribution in [0.2, 0.25) is 0 Å². The van der Waals surface area contributed by atoms with Crippen LogP contribution < -0.4 is 0 Å². The van der Waals surface area contributed by atoms with E-state index in [1.807, 2.05) is 13.8 Å². The second-order valence-corrected chi connectivity index (χ2v) is 7.82. The van der Waals surface area contributed by atoms with Gasteiger partial charge < -0.3 is 10.0 Å². The van der Waals surface area contributed by atoms with Crippen LogP contribution in [0.4, 0.5) is 0 Å². The molecule has 0 aromatic rings. The molecule has 0 aliphatic carbocycles. The smallest absolute Gasteiger partial charge is 0.307 e. The van der Waals surface area contributed by atoms with E-state index in [4.69, 9.17) is 0 Å². The molecule has 0 spiro atoms. The molecule has 1 N–H and O–H groups in total. The summed E-state index contributed by atoms with van der Waals surface area (Å²) in [7, 11) is 0. The number of carboxylic acid groups (broad SMARTS) is 1. The Bertz CT molecular complexity index is 416. The number of rotatable bonds is 19. The number of carboxylic acids is 1. The highest BCUT2D eigenvalue weighted by atomic mass is 16.4. The molecule has 0 bridgehead atoms. The quantitative estimate of drug-likeness (QED) is 0.198. The predicted molar refractivity (Wildman–Crippen MR) is 119 cm³/mol. The van der Waals surface area contributed by atoms with Gasteiger partial charge in [-0.05, 0) is 46.0 Å². The van der Waals surface area contributed by atoms with Crippen LogP contribution in [0.15, 0.2) is 12.2 Å². The lowest BCUT2D eigenvalue weighted by atomic mass is 9.96. The van der Waals surface area contributed by atoms with Crippen LogP contribution in [-0.4, -0.2) is 35.0 Å².